The number of anilines is 2. The smallest absolute Gasteiger partial charge is 0.256 e. The minimum absolute atomic E-state index is 0.00340. The molecular weight excluding hydrogens is 510 g/mol. The molecule has 1 atom stereocenters. The Bertz CT molecular complexity index is 1090. The number of halogens is 1. The number of thiocarbonyl (C=S) groups is 1. The largest absolute Gasteiger partial charge is 0.497 e. The van der Waals surface area contributed by atoms with E-state index >= 15 is 0 Å². The number of nitrogens with one attached hydrogen (secondary N) is 1. The van der Waals surface area contributed by atoms with Gasteiger partial charge in [-0.1, -0.05) is 18.5 Å². The third kappa shape index (κ3) is 6.78. The first-order valence-corrected chi connectivity index (χ1v) is 13.5. The fraction of sp³-hybridized carbons (Fsp3) is 0.444. The zero-order valence-electron chi connectivity index (χ0n) is 21.4. The zero-order chi connectivity index (χ0) is 26.4. The molecule has 4 rings (SSSR count). The zero-order valence-corrected chi connectivity index (χ0v) is 22.9. The van der Waals surface area contributed by atoms with Gasteiger partial charge in [-0.25, -0.2) is 0 Å². The molecule has 1 unspecified atom stereocenters. The number of ether oxygens (including phenoxy) is 1. The fourth-order valence-corrected chi connectivity index (χ4v) is 5.31. The van der Waals surface area contributed by atoms with Gasteiger partial charge in [0.25, 0.3) is 5.91 Å². The van der Waals surface area contributed by atoms with Crippen LogP contribution in [0.2, 0.25) is 5.02 Å². The van der Waals surface area contributed by atoms with Crippen LogP contribution in [0.3, 0.4) is 0 Å². The van der Waals surface area contributed by atoms with Gasteiger partial charge in [0.2, 0.25) is 5.91 Å². The van der Waals surface area contributed by atoms with Gasteiger partial charge in [0.05, 0.1) is 19.2 Å². The van der Waals surface area contributed by atoms with E-state index in [1.165, 1.54) is 4.90 Å². The van der Waals surface area contributed by atoms with E-state index in [0.717, 1.165) is 45.7 Å². The van der Waals surface area contributed by atoms with E-state index in [1.54, 1.807) is 43.5 Å². The Balaban J connectivity index is 1.45. The van der Waals surface area contributed by atoms with Crippen molar-refractivity contribution in [2.45, 2.75) is 25.8 Å². The quantitative estimate of drug-likeness (QED) is 0.458. The second-order valence-corrected chi connectivity index (χ2v) is 10.1. The summed E-state index contributed by atoms with van der Waals surface area (Å²) in [6.45, 7) is 9.05. The number of nitrogens with zero attached hydrogens (tertiary/aromatic N) is 4. The highest BCUT2D eigenvalue weighted by molar-refractivity contribution is 7.80. The van der Waals surface area contributed by atoms with E-state index in [0.29, 0.717) is 33.8 Å². The van der Waals surface area contributed by atoms with Crippen molar-refractivity contribution in [3.05, 3.63) is 53.6 Å². The third-order valence-corrected chi connectivity index (χ3v) is 7.61. The summed E-state index contributed by atoms with van der Waals surface area (Å²) in [5.74, 6) is 0.249. The first-order chi connectivity index (χ1) is 17.9. The molecule has 2 aromatic rings. The second kappa shape index (κ2) is 12.7. The first-order valence-electron chi connectivity index (χ1n) is 12.7. The number of hydrogen-bond acceptors (Lipinski definition) is 6. The summed E-state index contributed by atoms with van der Waals surface area (Å²) in [4.78, 5) is 34.9. The molecule has 2 heterocycles. The highest BCUT2D eigenvalue weighted by Gasteiger charge is 2.43. The Morgan fingerprint density at radius 3 is 2.30 bits per heavy atom. The molecule has 2 saturated heterocycles. The first kappa shape index (κ1) is 27.3. The maximum Gasteiger partial charge on any atom is 0.256 e. The van der Waals surface area contributed by atoms with Crippen molar-refractivity contribution in [3.8, 4) is 5.75 Å². The van der Waals surface area contributed by atoms with Crippen LogP contribution in [0.25, 0.3) is 0 Å². The lowest BCUT2D eigenvalue weighted by molar-refractivity contribution is -0.124. The van der Waals surface area contributed by atoms with Crippen molar-refractivity contribution in [3.63, 3.8) is 0 Å². The molecule has 0 bridgehead atoms. The van der Waals surface area contributed by atoms with Crippen molar-refractivity contribution in [2.75, 3.05) is 63.1 Å². The van der Waals surface area contributed by atoms with Crippen molar-refractivity contribution in [1.82, 2.24) is 14.7 Å². The highest BCUT2D eigenvalue weighted by atomic mass is 35.5. The average molecular weight is 544 g/mol. The number of methoxy groups -OCH3 is 1. The Morgan fingerprint density at radius 1 is 1.03 bits per heavy atom. The number of hydrogen-bond donors (Lipinski definition) is 1. The van der Waals surface area contributed by atoms with Crippen LogP contribution in [0.5, 0.6) is 5.75 Å². The van der Waals surface area contributed by atoms with E-state index < -0.39 is 6.04 Å². The molecule has 0 aromatic heterocycles. The normalized spacial score (nSPS) is 18.9. The van der Waals surface area contributed by atoms with Gasteiger partial charge in [-0.2, -0.15) is 0 Å². The summed E-state index contributed by atoms with van der Waals surface area (Å²) < 4.78 is 5.25. The molecular formula is C27H34ClN5O3S. The summed E-state index contributed by atoms with van der Waals surface area (Å²) >= 11 is 11.7. The van der Waals surface area contributed by atoms with E-state index in [4.69, 9.17) is 28.6 Å². The van der Waals surface area contributed by atoms with Crippen molar-refractivity contribution >= 4 is 52.1 Å². The monoisotopic (exact) mass is 543 g/mol. The molecule has 10 heteroatoms. The number of piperazine rings is 1. The van der Waals surface area contributed by atoms with Crippen molar-refractivity contribution in [2.24, 2.45) is 0 Å². The molecule has 8 nitrogen and oxygen atoms in total. The number of benzene rings is 2. The van der Waals surface area contributed by atoms with Gasteiger partial charge in [-0.15, -0.1) is 0 Å². The minimum Gasteiger partial charge on any atom is -0.497 e. The maximum atomic E-state index is 13.6. The molecule has 2 aliphatic heterocycles. The molecule has 2 amide bonds. The second-order valence-electron chi connectivity index (χ2n) is 9.25. The summed E-state index contributed by atoms with van der Waals surface area (Å²) in [6, 6.07) is 13.4. The predicted molar refractivity (Wildman–Crippen MR) is 151 cm³/mol. The van der Waals surface area contributed by atoms with Crippen LogP contribution in [0.4, 0.5) is 11.4 Å². The minimum atomic E-state index is -0.668. The van der Waals surface area contributed by atoms with E-state index in [1.807, 2.05) is 17.0 Å². The number of likely N-dealkylation sites (N-methyl/N-ethyl adjacent to an activating group) is 1. The van der Waals surface area contributed by atoms with Crippen LogP contribution in [-0.4, -0.2) is 90.6 Å². The van der Waals surface area contributed by atoms with Gasteiger partial charge in [-0.05, 0) is 80.3 Å². The summed E-state index contributed by atoms with van der Waals surface area (Å²) in [5, 5.41) is 3.89. The van der Waals surface area contributed by atoms with Crippen LogP contribution >= 0.6 is 23.8 Å². The Labute approximate surface area is 229 Å². The lowest BCUT2D eigenvalue weighted by Gasteiger charge is -2.34. The van der Waals surface area contributed by atoms with Crippen LogP contribution in [0.1, 0.15) is 19.8 Å². The summed E-state index contributed by atoms with van der Waals surface area (Å²) in [5.41, 5.74) is 1.30. The number of carbonyl (C=O) groups excluding carboxylic acids is 2. The lowest BCUT2D eigenvalue weighted by atomic mass is 10.1. The van der Waals surface area contributed by atoms with Crippen LogP contribution in [0.15, 0.2) is 48.5 Å². The van der Waals surface area contributed by atoms with Crippen LogP contribution in [-0.2, 0) is 9.59 Å². The Morgan fingerprint density at radius 2 is 1.68 bits per heavy atom. The molecule has 2 aromatic carbocycles. The maximum absolute atomic E-state index is 13.6. The molecule has 0 spiro atoms. The molecule has 2 aliphatic rings. The molecule has 0 radical (unpaired) electrons. The van der Waals surface area contributed by atoms with E-state index in [2.05, 4.69) is 22.0 Å². The topological polar surface area (TPSA) is 68.4 Å². The third-order valence-electron chi connectivity index (χ3n) is 6.94. The van der Waals surface area contributed by atoms with Gasteiger partial charge < -0.3 is 24.8 Å². The fourth-order valence-electron chi connectivity index (χ4n) is 4.77. The number of amides is 2. The SMILES string of the molecule is CCN1CCN(CCCN2C(=S)N(c3ccc(OC)cc3)C(=O)C2CC(=O)Nc2ccc(Cl)cc2)CC1. The van der Waals surface area contributed by atoms with Crippen LogP contribution < -0.4 is 15.0 Å². The lowest BCUT2D eigenvalue weighted by Crippen LogP contribution is -2.47. The summed E-state index contributed by atoms with van der Waals surface area (Å²) in [6.07, 6.45) is 0.856. The number of carbonyl (C=O) groups is 2. The van der Waals surface area contributed by atoms with Gasteiger partial charge in [0.1, 0.15) is 11.8 Å². The molecule has 0 aliphatic carbocycles. The van der Waals surface area contributed by atoms with Gasteiger partial charge >= 0.3 is 0 Å². The predicted octanol–water partition coefficient (Wildman–Crippen LogP) is 3.71. The summed E-state index contributed by atoms with van der Waals surface area (Å²) in [7, 11) is 1.60. The number of rotatable bonds is 10. The molecule has 1 N–H and O–H groups in total. The van der Waals surface area contributed by atoms with Crippen LogP contribution in [0, 0.1) is 0 Å². The van der Waals surface area contributed by atoms with Crippen molar-refractivity contribution in [1.29, 1.82) is 0 Å². The molecule has 198 valence electrons. The van der Waals surface area contributed by atoms with E-state index in [-0.39, 0.29) is 18.2 Å². The standard InChI is InChI=1S/C27H34ClN5O3S/c1-3-30-15-17-31(18-16-30)13-4-14-32-24(19-25(34)29-21-7-5-20(28)6-8-21)26(35)33(27(32)37)22-9-11-23(36-2)12-10-22/h5-12,24H,3-4,13-19H2,1-2H3,(H,29,34). The van der Waals surface area contributed by atoms with Gasteiger partial charge in [0, 0.05) is 43.4 Å². The van der Waals surface area contributed by atoms with Gasteiger partial charge in [0.15, 0.2) is 5.11 Å². The Kier molecular flexibility index (Phi) is 9.37. The molecule has 0 saturated carbocycles. The van der Waals surface area contributed by atoms with E-state index in [9.17, 15) is 9.59 Å². The average Bonchev–Trinajstić information content (AvgIpc) is 3.14. The van der Waals surface area contributed by atoms with Gasteiger partial charge in [-0.3, -0.25) is 14.5 Å². The molecule has 2 fully saturated rings. The highest BCUT2D eigenvalue weighted by Crippen LogP contribution is 2.29. The van der Waals surface area contributed by atoms with Crippen molar-refractivity contribution < 1.29 is 14.3 Å². The molecule has 37 heavy (non-hydrogen) atoms. The Hall–Kier alpha value is -2.72.